The number of anilines is 3. The molecule has 1 heterocycles. The first-order valence-electron chi connectivity index (χ1n) is 8.22. The Morgan fingerprint density at radius 1 is 1.00 bits per heavy atom. The summed E-state index contributed by atoms with van der Waals surface area (Å²) in [4.78, 5) is 16.6. The maximum Gasteiger partial charge on any atom is 0.274 e. The highest BCUT2D eigenvalue weighted by molar-refractivity contribution is 6.04. The third-order valence-electron chi connectivity index (χ3n) is 3.88. The molecular weight excluding hydrogens is 368 g/mol. The summed E-state index contributed by atoms with van der Waals surface area (Å²) in [6.45, 7) is 0. The van der Waals surface area contributed by atoms with Gasteiger partial charge >= 0.3 is 0 Å². The maximum atomic E-state index is 13.8. The average molecular weight is 385 g/mol. The topological polar surface area (TPSA) is 72.5 Å². The average Bonchev–Trinajstić information content (AvgIpc) is 2.71. The minimum Gasteiger partial charge on any atom is -0.497 e. The number of halogens is 2. The molecule has 0 aliphatic rings. The van der Waals surface area contributed by atoms with Crippen LogP contribution in [0.2, 0.25) is 0 Å². The first-order chi connectivity index (χ1) is 13.5. The van der Waals surface area contributed by atoms with E-state index < -0.39 is 17.5 Å². The number of nitrogens with one attached hydrogen (secondary N) is 2. The van der Waals surface area contributed by atoms with E-state index in [1.54, 1.807) is 18.2 Å². The Morgan fingerprint density at radius 2 is 1.75 bits per heavy atom. The zero-order valence-corrected chi connectivity index (χ0v) is 15.1. The van der Waals surface area contributed by atoms with Crippen LogP contribution in [0.15, 0.2) is 54.7 Å². The molecule has 28 heavy (non-hydrogen) atoms. The molecule has 1 amide bonds. The zero-order valence-electron chi connectivity index (χ0n) is 15.1. The number of carbonyl (C=O) groups is 1. The molecule has 1 aromatic heterocycles. The fourth-order valence-electron chi connectivity index (χ4n) is 2.49. The van der Waals surface area contributed by atoms with Gasteiger partial charge in [-0.15, -0.1) is 0 Å². The van der Waals surface area contributed by atoms with Crippen LogP contribution < -0.4 is 20.1 Å². The van der Waals surface area contributed by atoms with Crippen molar-refractivity contribution in [3.63, 3.8) is 0 Å². The number of hydrogen-bond acceptors (Lipinski definition) is 5. The van der Waals surface area contributed by atoms with E-state index in [2.05, 4.69) is 15.6 Å². The largest absolute Gasteiger partial charge is 0.497 e. The highest BCUT2D eigenvalue weighted by Crippen LogP contribution is 2.29. The van der Waals surface area contributed by atoms with E-state index in [0.29, 0.717) is 22.9 Å². The second-order valence-electron chi connectivity index (χ2n) is 5.67. The van der Waals surface area contributed by atoms with Crippen molar-refractivity contribution in [3.8, 4) is 11.5 Å². The van der Waals surface area contributed by atoms with Gasteiger partial charge in [-0.05, 0) is 36.4 Å². The van der Waals surface area contributed by atoms with Gasteiger partial charge in [-0.3, -0.25) is 9.78 Å². The molecule has 0 aliphatic heterocycles. The molecule has 0 radical (unpaired) electrons. The molecule has 0 atom stereocenters. The van der Waals surface area contributed by atoms with Crippen LogP contribution >= 0.6 is 0 Å². The summed E-state index contributed by atoms with van der Waals surface area (Å²) >= 11 is 0. The zero-order chi connectivity index (χ0) is 20.1. The number of para-hydroxylation sites is 1. The van der Waals surface area contributed by atoms with E-state index in [9.17, 15) is 13.6 Å². The van der Waals surface area contributed by atoms with E-state index in [-0.39, 0.29) is 11.4 Å². The van der Waals surface area contributed by atoms with Gasteiger partial charge in [0, 0.05) is 18.0 Å². The van der Waals surface area contributed by atoms with Crippen molar-refractivity contribution >= 4 is 23.0 Å². The molecule has 3 rings (SSSR count). The van der Waals surface area contributed by atoms with E-state index >= 15 is 0 Å². The minimum absolute atomic E-state index is 0.0478. The minimum atomic E-state index is -0.746. The molecule has 2 N–H and O–H groups in total. The van der Waals surface area contributed by atoms with E-state index in [1.807, 2.05) is 0 Å². The quantitative estimate of drug-likeness (QED) is 0.659. The highest BCUT2D eigenvalue weighted by atomic mass is 19.1. The number of amides is 1. The van der Waals surface area contributed by atoms with E-state index in [1.165, 1.54) is 38.6 Å². The van der Waals surface area contributed by atoms with Crippen molar-refractivity contribution in [2.75, 3.05) is 24.9 Å². The molecule has 3 aromatic rings. The Bertz CT molecular complexity index is 991. The summed E-state index contributed by atoms with van der Waals surface area (Å²) in [6, 6.07) is 11.4. The van der Waals surface area contributed by atoms with Gasteiger partial charge in [0.15, 0.2) is 0 Å². The first kappa shape index (κ1) is 19.1. The lowest BCUT2D eigenvalue weighted by Gasteiger charge is -2.12. The molecule has 0 fully saturated rings. The molecule has 144 valence electrons. The van der Waals surface area contributed by atoms with Gasteiger partial charge in [0.2, 0.25) is 0 Å². The van der Waals surface area contributed by atoms with Crippen molar-refractivity contribution in [3.05, 3.63) is 72.1 Å². The number of carbonyl (C=O) groups excluding carboxylic acids is 1. The lowest BCUT2D eigenvalue weighted by Crippen LogP contribution is -2.14. The van der Waals surface area contributed by atoms with Crippen LogP contribution in [0.1, 0.15) is 10.5 Å². The van der Waals surface area contributed by atoms with Gasteiger partial charge in [0.1, 0.15) is 34.5 Å². The summed E-state index contributed by atoms with van der Waals surface area (Å²) in [6.07, 6.45) is 1.36. The lowest BCUT2D eigenvalue weighted by atomic mass is 10.2. The molecule has 6 nitrogen and oxygen atoms in total. The summed E-state index contributed by atoms with van der Waals surface area (Å²) in [5.74, 6) is -1.04. The fraction of sp³-hybridized carbons (Fsp3) is 0.100. The van der Waals surface area contributed by atoms with Crippen LogP contribution in [0.3, 0.4) is 0 Å². The normalized spacial score (nSPS) is 10.3. The van der Waals surface area contributed by atoms with Gasteiger partial charge in [-0.25, -0.2) is 8.78 Å². The number of nitrogens with zero attached hydrogens (tertiary/aromatic N) is 1. The van der Waals surface area contributed by atoms with Crippen molar-refractivity contribution in [1.82, 2.24) is 4.98 Å². The second-order valence-corrected chi connectivity index (χ2v) is 5.67. The van der Waals surface area contributed by atoms with Crippen LogP contribution in [-0.4, -0.2) is 25.1 Å². The molecule has 0 spiro atoms. The molecule has 0 bridgehead atoms. The Morgan fingerprint density at radius 3 is 2.43 bits per heavy atom. The predicted octanol–water partition coefficient (Wildman–Crippen LogP) is 4.37. The van der Waals surface area contributed by atoms with Gasteiger partial charge in [0.25, 0.3) is 5.91 Å². The van der Waals surface area contributed by atoms with Crippen LogP contribution in [0.4, 0.5) is 25.8 Å². The SMILES string of the molecule is COc1ccc(OC)c(NC(=O)c2cc(Nc3c(F)cccc3F)ccn2)c1. The number of methoxy groups -OCH3 is 2. The third-order valence-corrected chi connectivity index (χ3v) is 3.88. The lowest BCUT2D eigenvalue weighted by molar-refractivity contribution is 0.102. The van der Waals surface area contributed by atoms with Gasteiger partial charge in [-0.1, -0.05) is 6.07 Å². The van der Waals surface area contributed by atoms with Crippen LogP contribution in [0, 0.1) is 11.6 Å². The summed E-state index contributed by atoms with van der Waals surface area (Å²) in [5, 5.41) is 5.31. The maximum absolute atomic E-state index is 13.8. The molecule has 0 saturated carbocycles. The van der Waals surface area contributed by atoms with Gasteiger partial charge in [-0.2, -0.15) is 0 Å². The van der Waals surface area contributed by atoms with E-state index in [0.717, 1.165) is 12.1 Å². The molecule has 0 aliphatic carbocycles. The number of ether oxygens (including phenoxy) is 2. The van der Waals surface area contributed by atoms with Gasteiger partial charge in [0.05, 0.1) is 19.9 Å². The Hall–Kier alpha value is -3.68. The molecule has 8 heteroatoms. The molecular formula is C20H17F2N3O3. The van der Waals surface area contributed by atoms with E-state index in [4.69, 9.17) is 9.47 Å². The second kappa shape index (κ2) is 8.34. The Labute approximate surface area is 160 Å². The summed E-state index contributed by atoms with van der Waals surface area (Å²) < 4.78 is 38.0. The Kier molecular flexibility index (Phi) is 5.69. The third kappa shape index (κ3) is 4.17. The summed E-state index contributed by atoms with van der Waals surface area (Å²) in [5.41, 5.74) is 0.440. The van der Waals surface area contributed by atoms with Gasteiger partial charge < -0.3 is 20.1 Å². The monoisotopic (exact) mass is 385 g/mol. The number of benzene rings is 2. The molecule has 2 aromatic carbocycles. The van der Waals surface area contributed by atoms with Crippen molar-refractivity contribution in [2.45, 2.75) is 0 Å². The standard InChI is InChI=1S/C20H17F2N3O3/c1-27-13-6-7-18(28-2)16(11-13)25-20(26)17-10-12(8-9-23-17)24-19-14(21)4-3-5-15(19)22/h3-11H,1-2H3,(H,23,24)(H,25,26). The van der Waals surface area contributed by atoms with Crippen LogP contribution in [0.5, 0.6) is 11.5 Å². The Balaban J connectivity index is 1.83. The number of pyridine rings is 1. The fourth-order valence-corrected chi connectivity index (χ4v) is 2.49. The van der Waals surface area contributed by atoms with Crippen molar-refractivity contribution in [2.24, 2.45) is 0 Å². The number of aromatic nitrogens is 1. The van der Waals surface area contributed by atoms with Crippen LogP contribution in [-0.2, 0) is 0 Å². The number of rotatable bonds is 6. The van der Waals surface area contributed by atoms with Crippen molar-refractivity contribution < 1.29 is 23.0 Å². The molecule has 0 unspecified atom stereocenters. The number of hydrogen-bond donors (Lipinski definition) is 2. The highest BCUT2D eigenvalue weighted by Gasteiger charge is 2.14. The van der Waals surface area contributed by atoms with Crippen LogP contribution in [0.25, 0.3) is 0 Å². The smallest absolute Gasteiger partial charge is 0.274 e. The first-order valence-corrected chi connectivity index (χ1v) is 8.22. The molecule has 0 saturated heterocycles. The predicted molar refractivity (Wildman–Crippen MR) is 101 cm³/mol. The summed E-state index contributed by atoms with van der Waals surface area (Å²) in [7, 11) is 2.98. The van der Waals surface area contributed by atoms with Crippen molar-refractivity contribution in [1.29, 1.82) is 0 Å².